The Balaban J connectivity index is 2.13. The molecule has 3 aromatic rings. The molecule has 1 aliphatic rings. The van der Waals surface area contributed by atoms with E-state index >= 15 is 0 Å². The van der Waals surface area contributed by atoms with Gasteiger partial charge in [0.1, 0.15) is 6.33 Å². The Morgan fingerprint density at radius 3 is 3.06 bits per heavy atom. The first-order chi connectivity index (χ1) is 8.81. The number of aromatic amines is 1. The van der Waals surface area contributed by atoms with Gasteiger partial charge in [-0.3, -0.25) is 4.79 Å². The predicted molar refractivity (Wildman–Crippen MR) is 69.1 cm³/mol. The molecule has 2 heterocycles. The molecular formula is C14H9N3O. The molecular weight excluding hydrogens is 226 g/mol. The van der Waals surface area contributed by atoms with Crippen LogP contribution >= 0.6 is 0 Å². The summed E-state index contributed by atoms with van der Waals surface area (Å²) in [4.78, 5) is 23.3. The molecule has 4 rings (SSSR count). The van der Waals surface area contributed by atoms with Crippen molar-refractivity contribution in [2.45, 2.75) is 6.42 Å². The van der Waals surface area contributed by atoms with Crippen molar-refractivity contribution in [3.8, 4) is 0 Å². The van der Waals surface area contributed by atoms with Crippen LogP contribution in [-0.4, -0.2) is 20.7 Å². The molecule has 18 heavy (non-hydrogen) atoms. The summed E-state index contributed by atoms with van der Waals surface area (Å²) in [6, 6.07) is 5.99. The highest BCUT2D eigenvalue weighted by molar-refractivity contribution is 6.05. The molecule has 1 aromatic carbocycles. The number of imidazole rings is 1. The molecule has 4 heteroatoms. The molecule has 0 bridgehead atoms. The number of carbonyl (C=O) groups is 1. The van der Waals surface area contributed by atoms with Gasteiger partial charge in [-0.05, 0) is 35.9 Å². The van der Waals surface area contributed by atoms with E-state index in [-0.39, 0.29) is 5.78 Å². The summed E-state index contributed by atoms with van der Waals surface area (Å²) in [6.07, 6.45) is 5.46. The highest BCUT2D eigenvalue weighted by atomic mass is 16.1. The molecule has 4 nitrogen and oxygen atoms in total. The molecule has 0 aliphatic heterocycles. The molecule has 0 fully saturated rings. The van der Waals surface area contributed by atoms with Gasteiger partial charge in [0.05, 0.1) is 11.0 Å². The highest BCUT2D eigenvalue weighted by Gasteiger charge is 2.13. The molecule has 0 atom stereocenters. The lowest BCUT2D eigenvalue weighted by Gasteiger charge is -2.11. The molecule has 2 aromatic heterocycles. The van der Waals surface area contributed by atoms with Gasteiger partial charge >= 0.3 is 0 Å². The first kappa shape index (κ1) is 9.53. The topological polar surface area (TPSA) is 58.6 Å². The van der Waals surface area contributed by atoms with Crippen LogP contribution in [-0.2, 0) is 11.2 Å². The summed E-state index contributed by atoms with van der Waals surface area (Å²) in [5.41, 5.74) is 4.80. The van der Waals surface area contributed by atoms with Crippen LogP contribution in [0.2, 0.25) is 0 Å². The second-order valence-corrected chi connectivity index (χ2v) is 4.45. The summed E-state index contributed by atoms with van der Waals surface area (Å²) in [6.45, 7) is 0. The van der Waals surface area contributed by atoms with Gasteiger partial charge in [0.15, 0.2) is 5.78 Å². The summed E-state index contributed by atoms with van der Waals surface area (Å²) in [7, 11) is 0. The van der Waals surface area contributed by atoms with Crippen LogP contribution in [0.25, 0.3) is 28.0 Å². The number of rotatable bonds is 0. The molecule has 0 unspecified atom stereocenters. The maximum Gasteiger partial charge on any atom is 0.160 e. The zero-order valence-corrected chi connectivity index (χ0v) is 9.47. The van der Waals surface area contributed by atoms with E-state index in [4.69, 9.17) is 0 Å². The molecule has 0 saturated heterocycles. The Morgan fingerprint density at radius 1 is 1.17 bits per heavy atom. The number of nitrogens with one attached hydrogen (secondary N) is 1. The molecule has 0 radical (unpaired) electrons. The van der Waals surface area contributed by atoms with E-state index in [0.717, 1.165) is 33.2 Å². The number of H-pyrrole nitrogens is 1. The Labute approximate surface area is 102 Å². The van der Waals surface area contributed by atoms with Crippen LogP contribution in [0, 0.1) is 0 Å². The van der Waals surface area contributed by atoms with Crippen molar-refractivity contribution in [3.63, 3.8) is 0 Å². The van der Waals surface area contributed by atoms with Crippen molar-refractivity contribution >= 4 is 33.8 Å². The van der Waals surface area contributed by atoms with E-state index in [0.29, 0.717) is 6.42 Å². The average Bonchev–Trinajstić information content (AvgIpc) is 2.85. The van der Waals surface area contributed by atoms with E-state index in [1.807, 2.05) is 24.3 Å². The van der Waals surface area contributed by atoms with E-state index in [1.54, 1.807) is 12.4 Å². The SMILES string of the molecule is O=C1C=Cc2[nH]c3ccc4ncnc4c3cc2C1. The second kappa shape index (κ2) is 3.26. The van der Waals surface area contributed by atoms with Crippen molar-refractivity contribution in [1.82, 2.24) is 15.0 Å². The number of ketones is 1. The van der Waals surface area contributed by atoms with Crippen molar-refractivity contribution < 1.29 is 4.79 Å². The molecule has 86 valence electrons. The molecule has 0 saturated carbocycles. The fourth-order valence-corrected chi connectivity index (χ4v) is 2.44. The van der Waals surface area contributed by atoms with Gasteiger partial charge in [-0.1, -0.05) is 0 Å². The van der Waals surface area contributed by atoms with E-state index in [2.05, 4.69) is 15.0 Å². The smallest absolute Gasteiger partial charge is 0.160 e. The first-order valence-corrected chi connectivity index (χ1v) is 5.77. The van der Waals surface area contributed by atoms with Gasteiger partial charge in [0.25, 0.3) is 0 Å². The Hall–Kier alpha value is -2.49. The lowest BCUT2D eigenvalue weighted by Crippen LogP contribution is -2.06. The highest BCUT2D eigenvalue weighted by Crippen LogP contribution is 2.26. The van der Waals surface area contributed by atoms with Gasteiger partial charge in [0.2, 0.25) is 0 Å². The number of aromatic nitrogens is 3. The molecule has 1 aliphatic carbocycles. The van der Waals surface area contributed by atoms with Crippen LogP contribution in [0.15, 0.2) is 30.6 Å². The van der Waals surface area contributed by atoms with Crippen LogP contribution in [0.4, 0.5) is 0 Å². The molecule has 0 amide bonds. The number of benzene rings is 1. The predicted octanol–water partition coefficient (Wildman–Crippen LogP) is 2.25. The van der Waals surface area contributed by atoms with Gasteiger partial charge < -0.3 is 4.98 Å². The van der Waals surface area contributed by atoms with Crippen LogP contribution in [0.3, 0.4) is 0 Å². The third kappa shape index (κ3) is 1.23. The second-order valence-electron chi connectivity index (χ2n) is 4.45. The molecule has 0 spiro atoms. The minimum atomic E-state index is 0.135. The van der Waals surface area contributed by atoms with E-state index in [9.17, 15) is 4.79 Å². The lowest BCUT2D eigenvalue weighted by molar-refractivity contribution is -0.114. The van der Waals surface area contributed by atoms with Crippen LogP contribution < -0.4 is 0 Å². The monoisotopic (exact) mass is 235 g/mol. The van der Waals surface area contributed by atoms with Crippen molar-refractivity contribution in [2.24, 2.45) is 0 Å². The number of allylic oxidation sites excluding steroid dienone is 1. The fourth-order valence-electron chi connectivity index (χ4n) is 2.44. The van der Waals surface area contributed by atoms with Gasteiger partial charge in [-0.15, -0.1) is 0 Å². The Bertz CT molecular complexity index is 830. The van der Waals surface area contributed by atoms with Crippen molar-refractivity contribution in [2.75, 3.05) is 0 Å². The third-order valence-corrected chi connectivity index (χ3v) is 3.31. The van der Waals surface area contributed by atoms with E-state index in [1.165, 1.54) is 0 Å². The minimum Gasteiger partial charge on any atom is -0.355 e. The summed E-state index contributed by atoms with van der Waals surface area (Å²) in [5.74, 6) is 0.135. The number of hydrogen-bond donors (Lipinski definition) is 1. The Morgan fingerprint density at radius 2 is 2.11 bits per heavy atom. The van der Waals surface area contributed by atoms with Gasteiger partial charge in [-0.25, -0.2) is 9.97 Å². The normalized spacial score (nSPS) is 14.3. The summed E-state index contributed by atoms with van der Waals surface area (Å²) < 4.78 is 0. The summed E-state index contributed by atoms with van der Waals surface area (Å²) >= 11 is 0. The number of pyridine rings is 1. The largest absolute Gasteiger partial charge is 0.355 e. The molecule has 1 N–H and O–H groups in total. The Kier molecular flexibility index (Phi) is 1.73. The average molecular weight is 235 g/mol. The maximum absolute atomic E-state index is 11.4. The van der Waals surface area contributed by atoms with Gasteiger partial charge in [0, 0.05) is 23.0 Å². The number of hydrogen-bond acceptors (Lipinski definition) is 3. The first-order valence-electron chi connectivity index (χ1n) is 5.77. The number of nitrogens with zero attached hydrogens (tertiary/aromatic N) is 2. The lowest BCUT2D eigenvalue weighted by atomic mass is 9.99. The maximum atomic E-state index is 11.4. The third-order valence-electron chi connectivity index (χ3n) is 3.31. The van der Waals surface area contributed by atoms with Crippen LogP contribution in [0.5, 0.6) is 0 Å². The zero-order chi connectivity index (χ0) is 12.1. The summed E-state index contributed by atoms with van der Waals surface area (Å²) in [5, 5.41) is 1.02. The zero-order valence-electron chi connectivity index (χ0n) is 9.47. The van der Waals surface area contributed by atoms with Crippen molar-refractivity contribution in [1.29, 1.82) is 0 Å². The minimum absolute atomic E-state index is 0.135. The van der Waals surface area contributed by atoms with Crippen LogP contribution in [0.1, 0.15) is 11.3 Å². The fraction of sp³-hybridized carbons (Fsp3) is 0.0714. The number of carbonyl (C=O) groups excluding carboxylic acids is 1. The quantitative estimate of drug-likeness (QED) is 0.650. The number of fused-ring (bicyclic) bond motifs is 4. The standard InChI is InChI=1S/C14H9N3O/c18-9-1-2-11-8(5-9)6-10-12(17-11)3-4-13-14(10)16-7-15-13/h1-4,6-7,17H,5H2. The van der Waals surface area contributed by atoms with E-state index < -0.39 is 0 Å². The van der Waals surface area contributed by atoms with Gasteiger partial charge in [-0.2, -0.15) is 0 Å². The van der Waals surface area contributed by atoms with Crippen molar-refractivity contribution in [3.05, 3.63) is 41.9 Å².